The van der Waals surface area contributed by atoms with Gasteiger partial charge in [-0.05, 0) is 49.1 Å². The molecule has 0 amide bonds. The molecule has 1 aliphatic carbocycles. The zero-order valence-electron chi connectivity index (χ0n) is 14.0. The third kappa shape index (κ3) is 4.82. The summed E-state index contributed by atoms with van der Waals surface area (Å²) >= 11 is 0. The maximum Gasteiger partial charge on any atom is 0.0233 e. The molecule has 118 valence electrons. The molecule has 0 spiro atoms. The van der Waals surface area contributed by atoms with Gasteiger partial charge in [-0.3, -0.25) is 4.90 Å². The molecule has 1 aliphatic rings. The lowest BCUT2D eigenvalue weighted by Gasteiger charge is -2.38. The van der Waals surface area contributed by atoms with Crippen molar-refractivity contribution in [3.05, 3.63) is 35.9 Å². The Bertz CT molecular complexity index is 401. The Morgan fingerprint density at radius 2 is 1.90 bits per heavy atom. The highest BCUT2D eigenvalue weighted by Gasteiger charge is 2.30. The van der Waals surface area contributed by atoms with Crippen LogP contribution in [0.1, 0.15) is 45.6 Å². The first-order valence-corrected chi connectivity index (χ1v) is 8.62. The molecule has 2 heteroatoms. The van der Waals surface area contributed by atoms with Crippen molar-refractivity contribution in [3.63, 3.8) is 0 Å². The fourth-order valence-electron chi connectivity index (χ4n) is 3.62. The predicted molar refractivity (Wildman–Crippen MR) is 91.0 cm³/mol. The van der Waals surface area contributed by atoms with Gasteiger partial charge >= 0.3 is 0 Å². The molecule has 3 unspecified atom stereocenters. The molecule has 1 saturated carbocycles. The molecule has 0 saturated heterocycles. The SMILES string of the molecule is CCN(Cc1ccccc1)CC1CC(C(C)C)CCC1N. The van der Waals surface area contributed by atoms with E-state index < -0.39 is 0 Å². The predicted octanol–water partition coefficient (Wildman–Crippen LogP) is 3.91. The smallest absolute Gasteiger partial charge is 0.0233 e. The molecule has 3 atom stereocenters. The molecule has 2 N–H and O–H groups in total. The highest BCUT2D eigenvalue weighted by Crippen LogP contribution is 2.33. The third-order valence-corrected chi connectivity index (χ3v) is 5.21. The maximum atomic E-state index is 6.41. The lowest BCUT2D eigenvalue weighted by Crippen LogP contribution is -2.43. The molecule has 1 fully saturated rings. The van der Waals surface area contributed by atoms with E-state index in [-0.39, 0.29) is 0 Å². The largest absolute Gasteiger partial charge is 0.327 e. The summed E-state index contributed by atoms with van der Waals surface area (Å²) in [6.45, 7) is 10.3. The van der Waals surface area contributed by atoms with Crippen molar-refractivity contribution in [2.24, 2.45) is 23.5 Å². The van der Waals surface area contributed by atoms with Crippen LogP contribution in [0.15, 0.2) is 30.3 Å². The van der Waals surface area contributed by atoms with E-state index in [0.717, 1.165) is 31.5 Å². The Morgan fingerprint density at radius 1 is 1.19 bits per heavy atom. The van der Waals surface area contributed by atoms with Gasteiger partial charge in [-0.25, -0.2) is 0 Å². The summed E-state index contributed by atoms with van der Waals surface area (Å²) in [5, 5.41) is 0. The van der Waals surface area contributed by atoms with E-state index in [0.29, 0.717) is 12.0 Å². The summed E-state index contributed by atoms with van der Waals surface area (Å²) in [4.78, 5) is 2.56. The first kappa shape index (κ1) is 16.5. The molecule has 0 aliphatic heterocycles. The number of benzene rings is 1. The molecule has 21 heavy (non-hydrogen) atoms. The molecule has 0 aromatic heterocycles. The second kappa shape index (κ2) is 7.95. The minimum Gasteiger partial charge on any atom is -0.327 e. The van der Waals surface area contributed by atoms with Crippen LogP contribution < -0.4 is 5.73 Å². The van der Waals surface area contributed by atoms with Crippen LogP contribution in [0.4, 0.5) is 0 Å². The molecule has 0 bridgehead atoms. The van der Waals surface area contributed by atoms with Crippen molar-refractivity contribution in [2.45, 2.75) is 52.6 Å². The number of nitrogens with two attached hydrogens (primary N) is 1. The first-order valence-electron chi connectivity index (χ1n) is 8.62. The van der Waals surface area contributed by atoms with Crippen molar-refractivity contribution in [2.75, 3.05) is 13.1 Å². The lowest BCUT2D eigenvalue weighted by molar-refractivity contribution is 0.136. The van der Waals surface area contributed by atoms with Crippen LogP contribution in [0.25, 0.3) is 0 Å². The minimum atomic E-state index is 0.393. The van der Waals surface area contributed by atoms with Gasteiger partial charge < -0.3 is 5.73 Å². The Morgan fingerprint density at radius 3 is 2.52 bits per heavy atom. The van der Waals surface area contributed by atoms with Crippen LogP contribution in [-0.4, -0.2) is 24.0 Å². The van der Waals surface area contributed by atoms with Crippen LogP contribution >= 0.6 is 0 Å². The van der Waals surface area contributed by atoms with Crippen LogP contribution in [0.2, 0.25) is 0 Å². The minimum absolute atomic E-state index is 0.393. The summed E-state index contributed by atoms with van der Waals surface area (Å²) in [6.07, 6.45) is 3.83. The van der Waals surface area contributed by atoms with Gasteiger partial charge in [0.15, 0.2) is 0 Å². The van der Waals surface area contributed by atoms with E-state index in [1.807, 2.05) is 0 Å². The van der Waals surface area contributed by atoms with E-state index >= 15 is 0 Å². The summed E-state index contributed by atoms with van der Waals surface area (Å²) in [7, 11) is 0. The Hall–Kier alpha value is -0.860. The Labute approximate surface area is 130 Å². The summed E-state index contributed by atoms with van der Waals surface area (Å²) in [5.74, 6) is 2.32. The van der Waals surface area contributed by atoms with Gasteiger partial charge in [-0.2, -0.15) is 0 Å². The van der Waals surface area contributed by atoms with Gasteiger partial charge in [-0.15, -0.1) is 0 Å². The lowest BCUT2D eigenvalue weighted by atomic mass is 9.73. The van der Waals surface area contributed by atoms with Gasteiger partial charge in [0.25, 0.3) is 0 Å². The number of rotatable bonds is 6. The number of hydrogen-bond donors (Lipinski definition) is 1. The molecule has 1 aromatic rings. The number of nitrogens with zero attached hydrogens (tertiary/aromatic N) is 1. The average molecular weight is 288 g/mol. The van der Waals surface area contributed by atoms with Gasteiger partial charge in [0.05, 0.1) is 0 Å². The van der Waals surface area contributed by atoms with E-state index in [2.05, 4.69) is 56.0 Å². The Kier molecular flexibility index (Phi) is 6.25. The second-order valence-corrected chi connectivity index (χ2v) is 7.05. The van der Waals surface area contributed by atoms with Crippen LogP contribution in [-0.2, 0) is 6.54 Å². The van der Waals surface area contributed by atoms with E-state index in [1.54, 1.807) is 0 Å². The van der Waals surface area contributed by atoms with E-state index in [1.165, 1.54) is 24.8 Å². The molecule has 2 nitrogen and oxygen atoms in total. The van der Waals surface area contributed by atoms with Crippen molar-refractivity contribution in [1.29, 1.82) is 0 Å². The quantitative estimate of drug-likeness (QED) is 0.860. The van der Waals surface area contributed by atoms with Gasteiger partial charge in [-0.1, -0.05) is 51.1 Å². The standard InChI is InChI=1S/C19H32N2/c1-4-21(13-16-8-6-5-7-9-16)14-18-12-17(15(2)3)10-11-19(18)20/h5-9,15,17-19H,4,10-14,20H2,1-3H3. The third-order valence-electron chi connectivity index (χ3n) is 5.21. The first-order chi connectivity index (χ1) is 10.1. The fourth-order valence-corrected chi connectivity index (χ4v) is 3.62. The molecule has 2 rings (SSSR count). The number of hydrogen-bond acceptors (Lipinski definition) is 2. The summed E-state index contributed by atoms with van der Waals surface area (Å²) in [5.41, 5.74) is 7.82. The fraction of sp³-hybridized carbons (Fsp3) is 0.684. The summed E-state index contributed by atoms with van der Waals surface area (Å²) < 4.78 is 0. The van der Waals surface area contributed by atoms with Crippen molar-refractivity contribution < 1.29 is 0 Å². The van der Waals surface area contributed by atoms with E-state index in [9.17, 15) is 0 Å². The molecular weight excluding hydrogens is 256 g/mol. The van der Waals surface area contributed by atoms with Crippen LogP contribution in [0.5, 0.6) is 0 Å². The highest BCUT2D eigenvalue weighted by atomic mass is 15.1. The van der Waals surface area contributed by atoms with E-state index in [4.69, 9.17) is 5.73 Å². The summed E-state index contributed by atoms with van der Waals surface area (Å²) in [6, 6.07) is 11.2. The molecule has 0 heterocycles. The normalized spacial score (nSPS) is 26.5. The second-order valence-electron chi connectivity index (χ2n) is 7.05. The zero-order valence-corrected chi connectivity index (χ0v) is 14.0. The maximum absolute atomic E-state index is 6.41. The van der Waals surface area contributed by atoms with Crippen molar-refractivity contribution in [3.8, 4) is 0 Å². The zero-order chi connectivity index (χ0) is 15.2. The van der Waals surface area contributed by atoms with Gasteiger partial charge in [0.2, 0.25) is 0 Å². The monoisotopic (exact) mass is 288 g/mol. The van der Waals surface area contributed by atoms with Crippen LogP contribution in [0, 0.1) is 17.8 Å². The molecule has 0 radical (unpaired) electrons. The molecular formula is C19H32N2. The highest BCUT2D eigenvalue weighted by molar-refractivity contribution is 5.14. The van der Waals surface area contributed by atoms with Gasteiger partial charge in [0, 0.05) is 19.1 Å². The van der Waals surface area contributed by atoms with Crippen LogP contribution in [0.3, 0.4) is 0 Å². The Balaban J connectivity index is 1.93. The van der Waals surface area contributed by atoms with Crippen molar-refractivity contribution in [1.82, 2.24) is 4.90 Å². The van der Waals surface area contributed by atoms with Crippen molar-refractivity contribution >= 4 is 0 Å². The topological polar surface area (TPSA) is 29.3 Å². The average Bonchev–Trinajstić information content (AvgIpc) is 2.49. The molecule has 1 aromatic carbocycles. The van der Waals surface area contributed by atoms with Gasteiger partial charge in [0.1, 0.15) is 0 Å².